The summed E-state index contributed by atoms with van der Waals surface area (Å²) in [5.74, 6) is 0.0804. The topological polar surface area (TPSA) is 87.9 Å². The Bertz CT molecular complexity index is 1270. The summed E-state index contributed by atoms with van der Waals surface area (Å²) < 4.78 is 11.2. The molecule has 3 aromatic rings. The number of nitrogens with zero attached hydrogens (tertiary/aromatic N) is 3. The van der Waals surface area contributed by atoms with E-state index in [1.807, 2.05) is 48.5 Å². The van der Waals surface area contributed by atoms with E-state index in [0.717, 1.165) is 51.9 Å². The molecule has 2 aliphatic heterocycles. The Hall–Kier alpha value is -3.05. The first-order valence-corrected chi connectivity index (χ1v) is 12.1. The average molecular weight is 495 g/mol. The molecule has 3 heterocycles. The van der Waals surface area contributed by atoms with Gasteiger partial charge in [-0.1, -0.05) is 53.3 Å². The van der Waals surface area contributed by atoms with Crippen molar-refractivity contribution in [2.45, 2.75) is 6.42 Å². The standard InChI is InChI=1S/C24H22N4O4S2/c29-21(8-9-27-10-12-31-13-11-27)25-28-23(30)20(34-24(28)33)15-16-6-7-19-18(14-16)22(32-26-19)17-4-2-1-3-5-17/h1-7,14-15H,8-13H2,(H,25,29)/b20-15+. The second-order valence-electron chi connectivity index (χ2n) is 7.91. The van der Waals surface area contributed by atoms with Gasteiger partial charge in [0.15, 0.2) is 10.1 Å². The molecule has 5 rings (SSSR count). The number of amides is 2. The third kappa shape index (κ3) is 4.90. The van der Waals surface area contributed by atoms with Crippen molar-refractivity contribution in [2.24, 2.45) is 0 Å². The third-order valence-corrected chi connectivity index (χ3v) is 6.93. The van der Waals surface area contributed by atoms with Crippen LogP contribution >= 0.6 is 24.0 Å². The Morgan fingerprint density at radius 2 is 1.97 bits per heavy atom. The number of hydrazine groups is 1. The predicted octanol–water partition coefficient (Wildman–Crippen LogP) is 3.45. The molecule has 174 valence electrons. The highest BCUT2D eigenvalue weighted by atomic mass is 32.2. The first-order chi connectivity index (χ1) is 16.6. The molecule has 0 spiro atoms. The van der Waals surface area contributed by atoms with E-state index in [0.29, 0.717) is 34.7 Å². The minimum atomic E-state index is -0.344. The lowest BCUT2D eigenvalue weighted by Crippen LogP contribution is -2.46. The summed E-state index contributed by atoms with van der Waals surface area (Å²) >= 11 is 6.51. The molecule has 0 atom stereocenters. The van der Waals surface area contributed by atoms with Gasteiger partial charge in [0.1, 0.15) is 5.52 Å². The van der Waals surface area contributed by atoms with E-state index in [-0.39, 0.29) is 18.2 Å². The van der Waals surface area contributed by atoms with Gasteiger partial charge in [0.2, 0.25) is 5.91 Å². The van der Waals surface area contributed by atoms with Crippen molar-refractivity contribution >= 4 is 57.1 Å². The molecule has 0 unspecified atom stereocenters. The number of carbonyl (C=O) groups is 2. The first kappa shape index (κ1) is 22.7. The predicted molar refractivity (Wildman–Crippen MR) is 134 cm³/mol. The van der Waals surface area contributed by atoms with Crippen LogP contribution in [0.3, 0.4) is 0 Å². The summed E-state index contributed by atoms with van der Waals surface area (Å²) in [6, 6.07) is 15.4. The first-order valence-electron chi connectivity index (χ1n) is 10.9. The number of aromatic nitrogens is 1. The van der Waals surface area contributed by atoms with Gasteiger partial charge >= 0.3 is 0 Å². The molecule has 1 N–H and O–H groups in total. The maximum atomic E-state index is 12.9. The Kier molecular flexibility index (Phi) is 6.73. The van der Waals surface area contributed by atoms with E-state index < -0.39 is 0 Å². The lowest BCUT2D eigenvalue weighted by Gasteiger charge is -2.26. The van der Waals surface area contributed by atoms with Crippen molar-refractivity contribution in [2.75, 3.05) is 32.8 Å². The number of rotatable bonds is 6. The Labute approximate surface area is 205 Å². The van der Waals surface area contributed by atoms with Crippen LogP contribution in [0.15, 0.2) is 58.0 Å². The van der Waals surface area contributed by atoms with Crippen molar-refractivity contribution in [1.82, 2.24) is 20.5 Å². The Morgan fingerprint density at radius 1 is 1.18 bits per heavy atom. The molecule has 0 radical (unpaired) electrons. The third-order valence-electron chi connectivity index (χ3n) is 5.62. The fourth-order valence-corrected chi connectivity index (χ4v) is 5.01. The second-order valence-corrected chi connectivity index (χ2v) is 9.59. The highest BCUT2D eigenvalue weighted by Gasteiger charge is 2.33. The zero-order valence-electron chi connectivity index (χ0n) is 18.2. The summed E-state index contributed by atoms with van der Waals surface area (Å²) in [6.45, 7) is 3.57. The summed E-state index contributed by atoms with van der Waals surface area (Å²) in [4.78, 5) is 28.0. The molecular weight excluding hydrogens is 472 g/mol. The number of hydrogen-bond donors (Lipinski definition) is 1. The number of ether oxygens (including phenoxy) is 1. The maximum Gasteiger partial charge on any atom is 0.285 e. The van der Waals surface area contributed by atoms with Crippen LogP contribution in [0.4, 0.5) is 0 Å². The lowest BCUT2D eigenvalue weighted by molar-refractivity contribution is -0.133. The minimum Gasteiger partial charge on any atom is -0.379 e. The van der Waals surface area contributed by atoms with Crippen LogP contribution in [0.2, 0.25) is 0 Å². The van der Waals surface area contributed by atoms with Crippen molar-refractivity contribution in [1.29, 1.82) is 0 Å². The fourth-order valence-electron chi connectivity index (χ4n) is 3.83. The number of nitrogens with one attached hydrogen (secondary N) is 1. The highest BCUT2D eigenvalue weighted by Crippen LogP contribution is 2.33. The molecule has 2 amide bonds. The Morgan fingerprint density at radius 3 is 2.76 bits per heavy atom. The van der Waals surface area contributed by atoms with E-state index >= 15 is 0 Å². The largest absolute Gasteiger partial charge is 0.379 e. The Balaban J connectivity index is 1.29. The van der Waals surface area contributed by atoms with Gasteiger partial charge < -0.3 is 9.26 Å². The molecule has 0 saturated carbocycles. The summed E-state index contributed by atoms with van der Waals surface area (Å²) in [6.07, 6.45) is 2.04. The van der Waals surface area contributed by atoms with E-state index in [9.17, 15) is 9.59 Å². The van der Waals surface area contributed by atoms with Crippen molar-refractivity contribution in [3.05, 3.63) is 59.0 Å². The van der Waals surface area contributed by atoms with Crippen LogP contribution in [0.5, 0.6) is 0 Å². The van der Waals surface area contributed by atoms with Crippen molar-refractivity contribution < 1.29 is 18.8 Å². The summed E-state index contributed by atoms with van der Waals surface area (Å²) in [5, 5.41) is 6.14. The molecule has 2 saturated heterocycles. The molecule has 2 fully saturated rings. The van der Waals surface area contributed by atoms with Crippen molar-refractivity contribution in [3.63, 3.8) is 0 Å². The number of benzene rings is 2. The van der Waals surface area contributed by atoms with Gasteiger partial charge in [0.25, 0.3) is 5.91 Å². The molecule has 8 nitrogen and oxygen atoms in total. The molecule has 10 heteroatoms. The fraction of sp³-hybridized carbons (Fsp3) is 0.250. The number of hydrogen-bond acceptors (Lipinski definition) is 8. The van der Waals surface area contributed by atoms with Crippen LogP contribution in [-0.2, 0) is 14.3 Å². The normalized spacial score (nSPS) is 18.2. The molecule has 1 aromatic heterocycles. The number of carbonyl (C=O) groups excluding carboxylic acids is 2. The van der Waals surface area contributed by atoms with E-state index in [1.54, 1.807) is 6.08 Å². The average Bonchev–Trinajstić information content (AvgIpc) is 3.40. The molecule has 2 aromatic carbocycles. The van der Waals surface area contributed by atoms with Gasteiger partial charge in [0.05, 0.1) is 23.5 Å². The van der Waals surface area contributed by atoms with Crippen molar-refractivity contribution in [3.8, 4) is 11.3 Å². The lowest BCUT2D eigenvalue weighted by atomic mass is 10.1. The monoisotopic (exact) mass is 494 g/mol. The van der Waals surface area contributed by atoms with Gasteiger partial charge in [0, 0.05) is 31.6 Å². The van der Waals surface area contributed by atoms with Gasteiger partial charge in [-0.3, -0.25) is 19.9 Å². The maximum absolute atomic E-state index is 12.9. The number of thioether (sulfide) groups is 1. The van der Waals surface area contributed by atoms with Gasteiger partial charge in [-0.25, -0.2) is 0 Å². The zero-order chi connectivity index (χ0) is 23.5. The van der Waals surface area contributed by atoms with Crippen LogP contribution < -0.4 is 5.43 Å². The smallest absolute Gasteiger partial charge is 0.285 e. The summed E-state index contributed by atoms with van der Waals surface area (Å²) in [5.41, 5.74) is 5.12. The highest BCUT2D eigenvalue weighted by molar-refractivity contribution is 8.26. The van der Waals surface area contributed by atoms with Crippen LogP contribution in [0.25, 0.3) is 28.3 Å². The number of fused-ring (bicyclic) bond motifs is 1. The number of morpholine rings is 1. The SMILES string of the molecule is O=C(CCN1CCOCC1)NN1C(=O)/C(=C\c2ccc3noc(-c4ccccc4)c3c2)SC1=S. The molecule has 2 aliphatic rings. The van der Waals surface area contributed by atoms with Crippen LogP contribution in [0, 0.1) is 0 Å². The summed E-state index contributed by atoms with van der Waals surface area (Å²) in [7, 11) is 0. The minimum absolute atomic E-state index is 0.248. The van der Waals surface area contributed by atoms with E-state index in [2.05, 4.69) is 15.5 Å². The van der Waals surface area contributed by atoms with E-state index in [1.165, 1.54) is 0 Å². The second kappa shape index (κ2) is 10.1. The molecule has 0 aliphatic carbocycles. The van der Waals surface area contributed by atoms with Gasteiger partial charge in [-0.2, -0.15) is 5.01 Å². The molecule has 0 bridgehead atoms. The van der Waals surface area contributed by atoms with Gasteiger partial charge in [-0.05, 0) is 36.0 Å². The van der Waals surface area contributed by atoms with E-state index in [4.69, 9.17) is 21.5 Å². The van der Waals surface area contributed by atoms with Crippen LogP contribution in [0.1, 0.15) is 12.0 Å². The number of thiocarbonyl (C=S) groups is 1. The molecular formula is C24H22N4O4S2. The van der Waals surface area contributed by atoms with Gasteiger partial charge in [-0.15, -0.1) is 0 Å². The zero-order valence-corrected chi connectivity index (χ0v) is 19.9. The van der Waals surface area contributed by atoms with Crippen LogP contribution in [-0.4, -0.2) is 64.0 Å². The molecule has 34 heavy (non-hydrogen) atoms. The quantitative estimate of drug-likeness (QED) is 0.412.